The summed E-state index contributed by atoms with van der Waals surface area (Å²) >= 11 is 1.73. The predicted molar refractivity (Wildman–Crippen MR) is 108 cm³/mol. The summed E-state index contributed by atoms with van der Waals surface area (Å²) < 4.78 is 6.39. The van der Waals surface area contributed by atoms with Crippen LogP contribution in [0.25, 0.3) is 10.2 Å². The molecule has 1 saturated heterocycles. The second-order valence-electron chi connectivity index (χ2n) is 6.93. The lowest BCUT2D eigenvalue weighted by atomic mass is 10.1. The Morgan fingerprint density at radius 2 is 1.79 bits per heavy atom. The maximum atomic E-state index is 12.4. The van der Waals surface area contributed by atoms with Gasteiger partial charge in [-0.05, 0) is 43.5 Å². The second kappa shape index (κ2) is 8.56. The Morgan fingerprint density at radius 3 is 2.54 bits per heavy atom. The number of nitrogens with zero attached hydrogens (tertiary/aromatic N) is 3. The molecule has 0 unspecified atom stereocenters. The topological polar surface area (TPSA) is 66.7 Å². The molecule has 0 N–H and O–H groups in total. The molecule has 2 aromatic heterocycles. The van der Waals surface area contributed by atoms with Gasteiger partial charge in [-0.25, -0.2) is 4.98 Å². The first kappa shape index (κ1) is 18.7. The highest BCUT2D eigenvalue weighted by Gasteiger charge is 2.25. The van der Waals surface area contributed by atoms with Gasteiger partial charge in [0, 0.05) is 32.6 Å². The van der Waals surface area contributed by atoms with Gasteiger partial charge in [0.15, 0.2) is 5.76 Å². The largest absolute Gasteiger partial charge is 0.459 e. The van der Waals surface area contributed by atoms with Gasteiger partial charge in [0.25, 0.3) is 5.91 Å². The second-order valence-corrected chi connectivity index (χ2v) is 8.05. The summed E-state index contributed by atoms with van der Waals surface area (Å²) in [6.45, 7) is 2.28. The number of amides is 2. The van der Waals surface area contributed by atoms with Crippen LogP contribution in [0.4, 0.5) is 0 Å². The number of unbranched alkanes of at least 4 members (excludes halogenated alkanes) is 1. The van der Waals surface area contributed by atoms with Gasteiger partial charge >= 0.3 is 0 Å². The van der Waals surface area contributed by atoms with Gasteiger partial charge in [0.05, 0.1) is 21.5 Å². The number of carbonyl (C=O) groups excluding carboxylic acids is 2. The molecule has 0 spiro atoms. The predicted octanol–water partition coefficient (Wildman–Crippen LogP) is 3.59. The molecule has 2 amide bonds. The summed E-state index contributed by atoms with van der Waals surface area (Å²) in [4.78, 5) is 33.0. The number of thiazole rings is 1. The van der Waals surface area contributed by atoms with Crippen LogP contribution in [0.5, 0.6) is 0 Å². The van der Waals surface area contributed by atoms with E-state index in [1.807, 2.05) is 23.1 Å². The minimum atomic E-state index is -0.104. The molecule has 1 aromatic carbocycles. The third-order valence-electron chi connectivity index (χ3n) is 5.02. The van der Waals surface area contributed by atoms with Gasteiger partial charge < -0.3 is 14.2 Å². The summed E-state index contributed by atoms with van der Waals surface area (Å²) in [5, 5.41) is 1.14. The maximum absolute atomic E-state index is 12.4. The van der Waals surface area contributed by atoms with Crippen LogP contribution in [0, 0.1) is 0 Å². The van der Waals surface area contributed by atoms with Crippen molar-refractivity contribution in [1.82, 2.24) is 14.8 Å². The Kier molecular flexibility index (Phi) is 5.71. The van der Waals surface area contributed by atoms with Crippen molar-refractivity contribution >= 4 is 33.4 Å². The smallest absolute Gasteiger partial charge is 0.289 e. The first-order valence-electron chi connectivity index (χ1n) is 9.66. The van der Waals surface area contributed by atoms with E-state index in [-0.39, 0.29) is 11.8 Å². The Bertz CT molecular complexity index is 910. The normalized spacial score (nSPS) is 14.6. The van der Waals surface area contributed by atoms with Crippen molar-refractivity contribution in [3.8, 4) is 0 Å². The molecule has 0 bridgehead atoms. The van der Waals surface area contributed by atoms with E-state index < -0.39 is 0 Å². The fourth-order valence-electron chi connectivity index (χ4n) is 3.45. The molecule has 3 aromatic rings. The molecule has 4 rings (SSSR count). The number of aromatic nitrogens is 1. The van der Waals surface area contributed by atoms with Gasteiger partial charge in [-0.2, -0.15) is 0 Å². The van der Waals surface area contributed by atoms with E-state index >= 15 is 0 Å². The maximum Gasteiger partial charge on any atom is 0.289 e. The highest BCUT2D eigenvalue weighted by molar-refractivity contribution is 7.18. The first-order valence-corrected chi connectivity index (χ1v) is 10.5. The van der Waals surface area contributed by atoms with Crippen LogP contribution in [-0.2, 0) is 11.2 Å². The number of para-hydroxylation sites is 1. The van der Waals surface area contributed by atoms with Crippen molar-refractivity contribution < 1.29 is 14.0 Å². The summed E-state index contributed by atoms with van der Waals surface area (Å²) in [6.07, 6.45) is 4.79. The van der Waals surface area contributed by atoms with Gasteiger partial charge in [-0.15, -0.1) is 11.3 Å². The van der Waals surface area contributed by atoms with E-state index in [1.165, 1.54) is 11.0 Å². The summed E-state index contributed by atoms with van der Waals surface area (Å²) in [5.74, 6) is 0.428. The third-order valence-corrected chi connectivity index (χ3v) is 6.12. The minimum Gasteiger partial charge on any atom is -0.459 e. The van der Waals surface area contributed by atoms with Crippen molar-refractivity contribution in [3.63, 3.8) is 0 Å². The number of hydrogen-bond donors (Lipinski definition) is 0. The van der Waals surface area contributed by atoms with E-state index in [4.69, 9.17) is 4.42 Å². The molecule has 1 aliphatic heterocycles. The van der Waals surface area contributed by atoms with E-state index in [9.17, 15) is 9.59 Å². The summed E-state index contributed by atoms with van der Waals surface area (Å²) in [7, 11) is 0. The fraction of sp³-hybridized carbons (Fsp3) is 0.381. The molecule has 0 saturated carbocycles. The number of carbonyl (C=O) groups is 2. The number of furan rings is 1. The molecule has 1 aliphatic rings. The fourth-order valence-corrected chi connectivity index (χ4v) is 4.46. The summed E-state index contributed by atoms with van der Waals surface area (Å²) in [6, 6.07) is 11.6. The van der Waals surface area contributed by atoms with Crippen LogP contribution in [0.3, 0.4) is 0 Å². The van der Waals surface area contributed by atoms with Crippen LogP contribution in [0.15, 0.2) is 47.1 Å². The van der Waals surface area contributed by atoms with Crippen molar-refractivity contribution in [2.24, 2.45) is 0 Å². The highest BCUT2D eigenvalue weighted by Crippen LogP contribution is 2.23. The van der Waals surface area contributed by atoms with Crippen molar-refractivity contribution in [2.75, 3.05) is 26.2 Å². The molecular weight excluding hydrogens is 374 g/mol. The number of fused-ring (bicyclic) bond motifs is 1. The Hall–Kier alpha value is -2.67. The van der Waals surface area contributed by atoms with Crippen LogP contribution in [0.2, 0.25) is 0 Å². The molecule has 28 heavy (non-hydrogen) atoms. The van der Waals surface area contributed by atoms with Gasteiger partial charge in [-0.1, -0.05) is 12.1 Å². The highest BCUT2D eigenvalue weighted by atomic mass is 32.1. The van der Waals surface area contributed by atoms with Crippen LogP contribution in [-0.4, -0.2) is 52.8 Å². The zero-order valence-corrected chi connectivity index (χ0v) is 16.5. The lowest BCUT2D eigenvalue weighted by Crippen LogP contribution is -2.50. The molecule has 0 atom stereocenters. The number of aryl methyl sites for hydroxylation is 1. The third kappa shape index (κ3) is 4.25. The van der Waals surface area contributed by atoms with Gasteiger partial charge in [0.2, 0.25) is 5.91 Å². The van der Waals surface area contributed by atoms with Gasteiger partial charge in [0.1, 0.15) is 0 Å². The molecule has 0 aliphatic carbocycles. The number of rotatable bonds is 6. The van der Waals surface area contributed by atoms with E-state index in [1.54, 1.807) is 28.4 Å². The van der Waals surface area contributed by atoms with E-state index in [2.05, 4.69) is 11.1 Å². The summed E-state index contributed by atoms with van der Waals surface area (Å²) in [5.41, 5.74) is 1.06. The van der Waals surface area contributed by atoms with Gasteiger partial charge in [-0.3, -0.25) is 9.59 Å². The first-order chi connectivity index (χ1) is 13.7. The minimum absolute atomic E-state index is 0.104. The number of benzene rings is 1. The SMILES string of the molecule is O=C(CCCCc1nc2ccccc2s1)N1CCN(C(=O)c2ccco2)CC1. The zero-order chi connectivity index (χ0) is 19.3. The Labute approximate surface area is 167 Å². The zero-order valence-electron chi connectivity index (χ0n) is 15.7. The van der Waals surface area contributed by atoms with Crippen LogP contribution < -0.4 is 0 Å². The molecule has 7 heteroatoms. The number of hydrogen-bond acceptors (Lipinski definition) is 5. The Morgan fingerprint density at radius 1 is 1.00 bits per heavy atom. The number of piperazine rings is 1. The average molecular weight is 398 g/mol. The molecule has 1 fully saturated rings. The molecule has 0 radical (unpaired) electrons. The molecule has 3 heterocycles. The van der Waals surface area contributed by atoms with Crippen molar-refractivity contribution in [1.29, 1.82) is 0 Å². The van der Waals surface area contributed by atoms with Crippen molar-refractivity contribution in [2.45, 2.75) is 25.7 Å². The lowest BCUT2D eigenvalue weighted by Gasteiger charge is -2.34. The van der Waals surface area contributed by atoms with E-state index in [0.717, 1.165) is 29.8 Å². The van der Waals surface area contributed by atoms with Crippen molar-refractivity contribution in [3.05, 3.63) is 53.4 Å². The van der Waals surface area contributed by atoms with Crippen LogP contribution in [0.1, 0.15) is 34.8 Å². The monoisotopic (exact) mass is 397 g/mol. The lowest BCUT2D eigenvalue weighted by molar-refractivity contribution is -0.132. The quantitative estimate of drug-likeness (QED) is 0.596. The molecule has 146 valence electrons. The van der Waals surface area contributed by atoms with Crippen LogP contribution >= 0.6 is 11.3 Å². The Balaban J connectivity index is 1.18. The standard InChI is InChI=1S/C21H23N3O3S/c25-20(10-4-3-9-19-22-16-6-1-2-8-18(16)28-19)23-11-13-24(14-12-23)21(26)17-7-5-15-27-17/h1-2,5-8,15H,3-4,9-14H2. The molecular formula is C21H23N3O3S. The average Bonchev–Trinajstić information content (AvgIpc) is 3.40. The molecule has 6 nitrogen and oxygen atoms in total. The van der Waals surface area contributed by atoms with E-state index in [0.29, 0.717) is 38.4 Å².